The first-order valence-electron chi connectivity index (χ1n) is 5.49. The maximum atomic E-state index is 11.6. The minimum absolute atomic E-state index is 0.0342. The Kier molecular flexibility index (Phi) is 3.82. The predicted octanol–water partition coefficient (Wildman–Crippen LogP) is 4.47. The normalized spacial score (nSPS) is 10.4. The number of nitrogens with one attached hydrogen (secondary N) is 1. The Morgan fingerprint density at radius 2 is 2.11 bits per heavy atom. The molecule has 18 heavy (non-hydrogen) atoms. The molecule has 0 atom stereocenters. The van der Waals surface area contributed by atoms with Gasteiger partial charge in [-0.1, -0.05) is 6.07 Å². The van der Waals surface area contributed by atoms with E-state index < -0.39 is 0 Å². The highest BCUT2D eigenvalue weighted by Gasteiger charge is 2.15. The van der Waals surface area contributed by atoms with Gasteiger partial charge in [0, 0.05) is 4.47 Å². The fourth-order valence-corrected chi connectivity index (χ4v) is 3.16. The first kappa shape index (κ1) is 13.2. The van der Waals surface area contributed by atoms with Crippen molar-refractivity contribution in [3.8, 4) is 0 Å². The van der Waals surface area contributed by atoms with Gasteiger partial charge in [0.05, 0.1) is 16.9 Å². The van der Waals surface area contributed by atoms with E-state index in [-0.39, 0.29) is 5.78 Å². The molecule has 94 valence electrons. The van der Waals surface area contributed by atoms with Crippen LogP contribution in [0, 0.1) is 13.8 Å². The monoisotopic (exact) mass is 324 g/mol. The molecule has 3 nitrogen and oxygen atoms in total. The van der Waals surface area contributed by atoms with Crippen molar-refractivity contribution in [1.82, 2.24) is 4.37 Å². The zero-order chi connectivity index (χ0) is 13.3. The minimum atomic E-state index is 0.0342. The molecule has 2 aromatic rings. The molecular formula is C13H13BrN2OS. The Morgan fingerprint density at radius 1 is 1.39 bits per heavy atom. The van der Waals surface area contributed by atoms with E-state index >= 15 is 0 Å². The number of halogens is 1. The zero-order valence-electron chi connectivity index (χ0n) is 10.4. The molecule has 0 radical (unpaired) electrons. The molecule has 1 N–H and O–H groups in total. The third-order valence-electron chi connectivity index (χ3n) is 2.59. The van der Waals surface area contributed by atoms with Crippen LogP contribution < -0.4 is 5.32 Å². The summed E-state index contributed by atoms with van der Waals surface area (Å²) in [6, 6.07) is 6.04. The summed E-state index contributed by atoms with van der Waals surface area (Å²) in [4.78, 5) is 11.6. The number of hydrogen-bond donors (Lipinski definition) is 1. The molecule has 5 heteroatoms. The molecule has 0 spiro atoms. The number of aryl methyl sites for hydroxylation is 2. The van der Waals surface area contributed by atoms with Crippen LogP contribution in [0.15, 0.2) is 22.7 Å². The maximum absolute atomic E-state index is 11.6. The molecule has 1 heterocycles. The van der Waals surface area contributed by atoms with E-state index in [0.29, 0.717) is 5.56 Å². The topological polar surface area (TPSA) is 42.0 Å². The largest absolute Gasteiger partial charge is 0.344 e. The van der Waals surface area contributed by atoms with Crippen LogP contribution in [0.1, 0.15) is 28.5 Å². The summed E-state index contributed by atoms with van der Waals surface area (Å²) in [5, 5.41) is 4.05. The number of ketones is 1. The van der Waals surface area contributed by atoms with Gasteiger partial charge in [-0.25, -0.2) is 0 Å². The first-order valence-corrected chi connectivity index (χ1v) is 7.06. The SMILES string of the molecule is CC(=O)c1c(C)nsc1Nc1ccc(C)cc1Br. The number of anilines is 2. The molecule has 0 amide bonds. The van der Waals surface area contributed by atoms with Crippen LogP contribution in [0.5, 0.6) is 0 Å². The van der Waals surface area contributed by atoms with Gasteiger partial charge in [0.1, 0.15) is 5.00 Å². The summed E-state index contributed by atoms with van der Waals surface area (Å²) >= 11 is 4.82. The third-order valence-corrected chi connectivity index (χ3v) is 4.10. The van der Waals surface area contributed by atoms with E-state index in [2.05, 4.69) is 25.6 Å². The van der Waals surface area contributed by atoms with Gasteiger partial charge < -0.3 is 5.32 Å². The second-order valence-corrected chi connectivity index (χ2v) is 5.76. The van der Waals surface area contributed by atoms with E-state index in [4.69, 9.17) is 0 Å². The van der Waals surface area contributed by atoms with Crippen LogP contribution >= 0.6 is 27.5 Å². The number of nitrogens with zero attached hydrogens (tertiary/aromatic N) is 1. The Balaban J connectivity index is 2.37. The fourth-order valence-electron chi connectivity index (χ4n) is 1.71. The molecular weight excluding hydrogens is 312 g/mol. The van der Waals surface area contributed by atoms with E-state index in [0.717, 1.165) is 20.9 Å². The quantitative estimate of drug-likeness (QED) is 0.847. The van der Waals surface area contributed by atoms with Crippen LogP contribution in [0.25, 0.3) is 0 Å². The lowest BCUT2D eigenvalue weighted by atomic mass is 10.2. The van der Waals surface area contributed by atoms with Crippen LogP contribution in [0.4, 0.5) is 10.7 Å². The first-order chi connectivity index (χ1) is 8.49. The molecule has 0 unspecified atom stereocenters. The van der Waals surface area contributed by atoms with Crippen LogP contribution in [0.2, 0.25) is 0 Å². The summed E-state index contributed by atoms with van der Waals surface area (Å²) in [6.45, 7) is 5.45. The molecule has 0 saturated heterocycles. The molecule has 1 aromatic carbocycles. The standard InChI is InChI=1S/C13H13BrN2OS/c1-7-4-5-11(10(14)6-7)15-13-12(9(3)17)8(2)16-18-13/h4-6,15H,1-3H3. The summed E-state index contributed by atoms with van der Waals surface area (Å²) in [5.74, 6) is 0.0342. The highest BCUT2D eigenvalue weighted by atomic mass is 79.9. The smallest absolute Gasteiger partial charge is 0.164 e. The van der Waals surface area contributed by atoms with Crippen LogP contribution in [0.3, 0.4) is 0 Å². The number of carbonyl (C=O) groups is 1. The van der Waals surface area contributed by atoms with Crippen LogP contribution in [-0.2, 0) is 0 Å². The number of hydrogen-bond acceptors (Lipinski definition) is 4. The Bertz CT molecular complexity index is 607. The zero-order valence-corrected chi connectivity index (χ0v) is 12.8. The second kappa shape index (κ2) is 5.20. The van der Waals surface area contributed by atoms with Crippen molar-refractivity contribution in [1.29, 1.82) is 0 Å². The van der Waals surface area contributed by atoms with Gasteiger partial charge in [-0.05, 0) is 65.9 Å². The fraction of sp³-hybridized carbons (Fsp3) is 0.231. The van der Waals surface area contributed by atoms with Crippen molar-refractivity contribution in [2.24, 2.45) is 0 Å². The molecule has 1 aromatic heterocycles. The Labute approximate surface area is 119 Å². The van der Waals surface area contributed by atoms with Gasteiger partial charge in [-0.2, -0.15) is 4.37 Å². The van der Waals surface area contributed by atoms with Crippen molar-refractivity contribution < 1.29 is 4.79 Å². The molecule has 0 aliphatic carbocycles. The van der Waals surface area contributed by atoms with Gasteiger partial charge >= 0.3 is 0 Å². The minimum Gasteiger partial charge on any atom is -0.344 e. The summed E-state index contributed by atoms with van der Waals surface area (Å²) in [7, 11) is 0. The van der Waals surface area contributed by atoms with E-state index in [9.17, 15) is 4.79 Å². The molecule has 0 aliphatic rings. The van der Waals surface area contributed by atoms with Gasteiger partial charge in [-0.15, -0.1) is 0 Å². The summed E-state index contributed by atoms with van der Waals surface area (Å²) < 4.78 is 5.20. The van der Waals surface area contributed by atoms with Gasteiger partial charge in [0.2, 0.25) is 0 Å². The second-order valence-electron chi connectivity index (χ2n) is 4.14. The highest BCUT2D eigenvalue weighted by molar-refractivity contribution is 9.10. The van der Waals surface area contributed by atoms with Crippen LogP contribution in [-0.4, -0.2) is 10.2 Å². The van der Waals surface area contributed by atoms with Crippen molar-refractivity contribution in [3.05, 3.63) is 39.5 Å². The lowest BCUT2D eigenvalue weighted by Crippen LogP contribution is -1.99. The molecule has 0 bridgehead atoms. The maximum Gasteiger partial charge on any atom is 0.164 e. The lowest BCUT2D eigenvalue weighted by Gasteiger charge is -2.08. The molecule has 0 aliphatic heterocycles. The molecule has 2 rings (SSSR count). The number of rotatable bonds is 3. The summed E-state index contributed by atoms with van der Waals surface area (Å²) in [6.07, 6.45) is 0. The van der Waals surface area contributed by atoms with E-state index in [1.807, 2.05) is 32.0 Å². The highest BCUT2D eigenvalue weighted by Crippen LogP contribution is 2.32. The number of benzene rings is 1. The lowest BCUT2D eigenvalue weighted by molar-refractivity contribution is 0.101. The van der Waals surface area contributed by atoms with Gasteiger partial charge in [-0.3, -0.25) is 4.79 Å². The third kappa shape index (κ3) is 2.62. The number of aromatic nitrogens is 1. The van der Waals surface area contributed by atoms with E-state index in [1.165, 1.54) is 17.1 Å². The predicted molar refractivity (Wildman–Crippen MR) is 79.0 cm³/mol. The average Bonchev–Trinajstić information content (AvgIpc) is 2.64. The summed E-state index contributed by atoms with van der Waals surface area (Å²) in [5.41, 5.74) is 3.57. The van der Waals surface area contributed by atoms with Crippen molar-refractivity contribution in [3.63, 3.8) is 0 Å². The average molecular weight is 325 g/mol. The van der Waals surface area contributed by atoms with Crippen molar-refractivity contribution >= 4 is 43.9 Å². The number of carbonyl (C=O) groups excluding carboxylic acids is 1. The Morgan fingerprint density at radius 3 is 2.72 bits per heavy atom. The van der Waals surface area contributed by atoms with Gasteiger partial charge in [0.25, 0.3) is 0 Å². The molecule has 0 fully saturated rings. The molecule has 0 saturated carbocycles. The van der Waals surface area contributed by atoms with Crippen molar-refractivity contribution in [2.45, 2.75) is 20.8 Å². The van der Waals surface area contributed by atoms with Gasteiger partial charge in [0.15, 0.2) is 5.78 Å². The van der Waals surface area contributed by atoms with Crippen molar-refractivity contribution in [2.75, 3.05) is 5.32 Å². The Hall–Kier alpha value is -1.20. The van der Waals surface area contributed by atoms with E-state index in [1.54, 1.807) is 6.92 Å². The number of Topliss-reactive ketones (excluding diaryl/α,β-unsaturated/α-hetero) is 1.